The van der Waals surface area contributed by atoms with Crippen LogP contribution in [0.5, 0.6) is 11.5 Å². The van der Waals surface area contributed by atoms with Gasteiger partial charge in [-0.05, 0) is 68.1 Å². The van der Waals surface area contributed by atoms with Crippen molar-refractivity contribution in [3.05, 3.63) is 82.9 Å². The predicted octanol–water partition coefficient (Wildman–Crippen LogP) is 5.73. The van der Waals surface area contributed by atoms with Crippen molar-refractivity contribution in [2.75, 3.05) is 25.1 Å². The number of aryl methyl sites for hydroxylation is 1. The van der Waals surface area contributed by atoms with Crippen LogP contribution in [0.25, 0.3) is 0 Å². The molecule has 236 valence electrons. The summed E-state index contributed by atoms with van der Waals surface area (Å²) >= 11 is 6.13. The smallest absolute Gasteiger partial charge is 0.264 e. The van der Waals surface area contributed by atoms with Gasteiger partial charge in [0.25, 0.3) is 10.0 Å². The lowest BCUT2D eigenvalue weighted by Crippen LogP contribution is -2.53. The zero-order chi connectivity index (χ0) is 31.9. The van der Waals surface area contributed by atoms with Crippen molar-refractivity contribution in [1.82, 2.24) is 10.2 Å². The number of nitrogens with one attached hydrogen (secondary N) is 1. The lowest BCUT2D eigenvalue weighted by atomic mass is 10.1. The van der Waals surface area contributed by atoms with Crippen LogP contribution in [0.3, 0.4) is 0 Å². The second kappa shape index (κ2) is 14.8. The molecule has 0 aliphatic heterocycles. The fourth-order valence-electron chi connectivity index (χ4n) is 5.42. The zero-order valence-corrected chi connectivity index (χ0v) is 27.2. The molecule has 1 saturated carbocycles. The molecule has 1 aliphatic carbocycles. The number of sulfonamides is 1. The molecule has 1 N–H and O–H groups in total. The number of amides is 2. The minimum Gasteiger partial charge on any atom is -0.493 e. The van der Waals surface area contributed by atoms with E-state index in [1.165, 1.54) is 37.3 Å². The summed E-state index contributed by atoms with van der Waals surface area (Å²) in [6.07, 6.45) is 4.28. The summed E-state index contributed by atoms with van der Waals surface area (Å²) < 4.78 is 40.1. The Morgan fingerprint density at radius 3 is 2.18 bits per heavy atom. The highest BCUT2D eigenvalue weighted by Gasteiger charge is 2.35. The molecule has 1 atom stereocenters. The Morgan fingerprint density at radius 1 is 0.955 bits per heavy atom. The molecule has 3 aromatic rings. The number of hydrogen-bond donors (Lipinski definition) is 1. The summed E-state index contributed by atoms with van der Waals surface area (Å²) in [5, 5.41) is 3.54. The Morgan fingerprint density at radius 2 is 1.59 bits per heavy atom. The highest BCUT2D eigenvalue weighted by atomic mass is 35.5. The maximum absolute atomic E-state index is 14.3. The average Bonchev–Trinajstić information content (AvgIpc) is 3.53. The van der Waals surface area contributed by atoms with Crippen molar-refractivity contribution >= 4 is 39.1 Å². The van der Waals surface area contributed by atoms with E-state index in [9.17, 15) is 18.0 Å². The number of carbonyl (C=O) groups excluding carboxylic acids is 2. The third-order valence-electron chi connectivity index (χ3n) is 7.90. The van der Waals surface area contributed by atoms with Crippen LogP contribution in [0.15, 0.2) is 71.6 Å². The summed E-state index contributed by atoms with van der Waals surface area (Å²) in [5.74, 6) is -0.158. The summed E-state index contributed by atoms with van der Waals surface area (Å²) in [4.78, 5) is 29.3. The second-order valence-electron chi connectivity index (χ2n) is 10.9. The number of hydrogen-bond acceptors (Lipinski definition) is 6. The molecule has 11 heteroatoms. The monoisotopic (exact) mass is 641 g/mol. The number of benzene rings is 3. The summed E-state index contributed by atoms with van der Waals surface area (Å²) in [6.45, 7) is 3.42. The van der Waals surface area contributed by atoms with E-state index < -0.39 is 28.5 Å². The molecule has 0 aromatic heterocycles. The van der Waals surface area contributed by atoms with E-state index in [4.69, 9.17) is 21.1 Å². The molecule has 0 radical (unpaired) electrons. The minimum atomic E-state index is -4.30. The highest BCUT2D eigenvalue weighted by molar-refractivity contribution is 7.92. The van der Waals surface area contributed by atoms with E-state index in [1.54, 1.807) is 24.3 Å². The molecule has 0 saturated heterocycles. The molecule has 1 unspecified atom stereocenters. The molecule has 44 heavy (non-hydrogen) atoms. The van der Waals surface area contributed by atoms with Gasteiger partial charge in [0.05, 0.1) is 24.8 Å². The molecule has 3 aromatic carbocycles. The van der Waals surface area contributed by atoms with Gasteiger partial charge in [-0.1, -0.05) is 61.2 Å². The van der Waals surface area contributed by atoms with Crippen LogP contribution in [0.2, 0.25) is 5.02 Å². The maximum Gasteiger partial charge on any atom is 0.264 e. The van der Waals surface area contributed by atoms with Crippen molar-refractivity contribution in [3.63, 3.8) is 0 Å². The first-order valence-electron chi connectivity index (χ1n) is 14.7. The third-order valence-corrected chi connectivity index (χ3v) is 9.92. The third kappa shape index (κ3) is 7.84. The highest BCUT2D eigenvalue weighted by Crippen LogP contribution is 2.33. The van der Waals surface area contributed by atoms with E-state index in [0.717, 1.165) is 41.1 Å². The van der Waals surface area contributed by atoms with Gasteiger partial charge in [-0.15, -0.1) is 0 Å². The van der Waals surface area contributed by atoms with Crippen LogP contribution in [-0.4, -0.2) is 58.0 Å². The van der Waals surface area contributed by atoms with Gasteiger partial charge in [-0.3, -0.25) is 13.9 Å². The fourth-order valence-corrected chi connectivity index (χ4v) is 6.97. The molecule has 1 aliphatic rings. The van der Waals surface area contributed by atoms with E-state index in [2.05, 4.69) is 5.32 Å². The minimum absolute atomic E-state index is 0.0730. The molecule has 4 rings (SSSR count). The van der Waals surface area contributed by atoms with Crippen LogP contribution in [0.1, 0.15) is 50.2 Å². The number of halogens is 1. The topological polar surface area (TPSA) is 105 Å². The van der Waals surface area contributed by atoms with Crippen LogP contribution in [0.4, 0.5) is 5.69 Å². The van der Waals surface area contributed by atoms with Crippen LogP contribution >= 0.6 is 11.6 Å². The molecule has 2 amide bonds. The number of nitrogens with zero attached hydrogens (tertiary/aromatic N) is 2. The van der Waals surface area contributed by atoms with Gasteiger partial charge in [0.2, 0.25) is 11.8 Å². The standard InChI is InChI=1S/C33H40ClN3O6S/c1-5-29(33(39)35-26-8-6-7-9-26)36(21-24-12-10-23(2)11-13-24)32(38)22-37(27-16-14-25(34)15-17-27)44(40,41)28-18-19-30(42-3)31(20-28)43-4/h10-20,26,29H,5-9,21-22H2,1-4H3,(H,35,39). The van der Waals surface area contributed by atoms with Gasteiger partial charge in [0.1, 0.15) is 12.6 Å². The summed E-state index contributed by atoms with van der Waals surface area (Å²) in [7, 11) is -1.42. The van der Waals surface area contributed by atoms with Gasteiger partial charge in [-0.25, -0.2) is 8.42 Å². The first-order chi connectivity index (χ1) is 21.1. The average molecular weight is 642 g/mol. The van der Waals surface area contributed by atoms with E-state index >= 15 is 0 Å². The largest absolute Gasteiger partial charge is 0.493 e. The molecular formula is C33H40ClN3O6S. The first-order valence-corrected chi connectivity index (χ1v) is 16.5. The van der Waals surface area contributed by atoms with Crippen molar-refractivity contribution < 1.29 is 27.5 Å². The molecular weight excluding hydrogens is 602 g/mol. The lowest BCUT2D eigenvalue weighted by Gasteiger charge is -2.34. The Bertz CT molecular complexity index is 1540. The Hall–Kier alpha value is -3.76. The van der Waals surface area contributed by atoms with Crippen molar-refractivity contribution in [2.24, 2.45) is 0 Å². The van der Waals surface area contributed by atoms with E-state index in [-0.39, 0.29) is 34.8 Å². The Labute approximate surface area is 265 Å². The maximum atomic E-state index is 14.3. The Kier molecular flexibility index (Phi) is 11.2. The van der Waals surface area contributed by atoms with Crippen molar-refractivity contribution in [2.45, 2.75) is 69.5 Å². The van der Waals surface area contributed by atoms with E-state index in [1.807, 2.05) is 38.1 Å². The van der Waals surface area contributed by atoms with Gasteiger partial charge in [-0.2, -0.15) is 0 Å². The fraction of sp³-hybridized carbons (Fsp3) is 0.394. The predicted molar refractivity (Wildman–Crippen MR) is 172 cm³/mol. The molecule has 0 bridgehead atoms. The van der Waals surface area contributed by atoms with Gasteiger partial charge in [0.15, 0.2) is 11.5 Å². The van der Waals surface area contributed by atoms with Crippen LogP contribution < -0.4 is 19.1 Å². The summed E-state index contributed by atoms with van der Waals surface area (Å²) in [6, 6.07) is 17.5. The van der Waals surface area contributed by atoms with Crippen molar-refractivity contribution in [1.29, 1.82) is 0 Å². The van der Waals surface area contributed by atoms with Gasteiger partial charge < -0.3 is 19.7 Å². The Balaban J connectivity index is 1.73. The summed E-state index contributed by atoms with van der Waals surface area (Å²) in [5.41, 5.74) is 2.14. The first kappa shape index (κ1) is 33.1. The van der Waals surface area contributed by atoms with Gasteiger partial charge >= 0.3 is 0 Å². The number of anilines is 1. The van der Waals surface area contributed by atoms with Crippen LogP contribution in [-0.2, 0) is 26.2 Å². The van der Waals surface area contributed by atoms with Crippen molar-refractivity contribution in [3.8, 4) is 11.5 Å². The molecule has 0 spiro atoms. The molecule has 9 nitrogen and oxygen atoms in total. The SMILES string of the molecule is CCC(C(=O)NC1CCCC1)N(Cc1ccc(C)cc1)C(=O)CN(c1ccc(Cl)cc1)S(=O)(=O)c1ccc(OC)c(OC)c1. The lowest BCUT2D eigenvalue weighted by molar-refractivity contribution is -0.140. The molecule has 0 heterocycles. The number of ether oxygens (including phenoxy) is 2. The van der Waals surface area contributed by atoms with E-state index in [0.29, 0.717) is 17.2 Å². The zero-order valence-electron chi connectivity index (χ0n) is 25.6. The number of methoxy groups -OCH3 is 2. The van der Waals surface area contributed by atoms with Gasteiger partial charge in [0, 0.05) is 23.7 Å². The normalized spacial score (nSPS) is 14.1. The number of carbonyl (C=O) groups is 2. The molecule has 1 fully saturated rings. The second-order valence-corrected chi connectivity index (χ2v) is 13.2. The van der Waals surface area contributed by atoms with Crippen LogP contribution in [0, 0.1) is 6.92 Å². The quantitative estimate of drug-likeness (QED) is 0.256. The number of rotatable bonds is 13.